The summed E-state index contributed by atoms with van der Waals surface area (Å²) in [5.41, 5.74) is 2.26. The lowest BCUT2D eigenvalue weighted by atomic mass is 10.2. The van der Waals surface area contributed by atoms with Gasteiger partial charge in [-0.25, -0.2) is 4.98 Å². The van der Waals surface area contributed by atoms with Crippen LogP contribution in [0.25, 0.3) is 10.4 Å². The first kappa shape index (κ1) is 13.5. The molecule has 96 valence electrons. The zero-order valence-corrected chi connectivity index (χ0v) is 12.8. The van der Waals surface area contributed by atoms with Gasteiger partial charge in [-0.05, 0) is 24.6 Å². The van der Waals surface area contributed by atoms with Crippen LogP contribution in [0.5, 0.6) is 0 Å². The SMILES string of the molecule is COCCNc1nc(C)c(-c2ccc(Br)cc2)s1. The number of halogens is 1. The maximum atomic E-state index is 5.01. The fraction of sp³-hybridized carbons (Fsp3) is 0.308. The fourth-order valence-corrected chi connectivity index (χ4v) is 2.86. The number of benzene rings is 1. The van der Waals surface area contributed by atoms with Crippen molar-refractivity contribution in [2.24, 2.45) is 0 Å². The molecule has 0 amide bonds. The number of hydrogen-bond donors (Lipinski definition) is 1. The van der Waals surface area contributed by atoms with E-state index >= 15 is 0 Å². The van der Waals surface area contributed by atoms with E-state index in [1.807, 2.05) is 19.1 Å². The first-order valence-electron chi connectivity index (χ1n) is 5.67. The minimum atomic E-state index is 0.687. The lowest BCUT2D eigenvalue weighted by Crippen LogP contribution is -2.06. The number of nitrogens with zero attached hydrogens (tertiary/aromatic N) is 1. The van der Waals surface area contributed by atoms with Crippen molar-refractivity contribution in [3.63, 3.8) is 0 Å². The van der Waals surface area contributed by atoms with E-state index in [-0.39, 0.29) is 0 Å². The molecule has 0 unspecified atom stereocenters. The molecule has 0 aliphatic rings. The molecular formula is C13H15BrN2OS. The van der Waals surface area contributed by atoms with Gasteiger partial charge in [0.25, 0.3) is 0 Å². The average Bonchev–Trinajstić information content (AvgIpc) is 2.72. The molecule has 0 radical (unpaired) electrons. The standard InChI is InChI=1S/C13H15BrN2OS/c1-9-12(10-3-5-11(14)6-4-10)18-13(16-9)15-7-8-17-2/h3-6H,7-8H2,1-2H3,(H,15,16). The van der Waals surface area contributed by atoms with Crippen LogP contribution >= 0.6 is 27.3 Å². The van der Waals surface area contributed by atoms with Crippen LogP contribution in [0.1, 0.15) is 5.69 Å². The summed E-state index contributed by atoms with van der Waals surface area (Å²) in [5, 5.41) is 4.21. The Labute approximate surface area is 119 Å². The van der Waals surface area contributed by atoms with Crippen molar-refractivity contribution in [2.75, 3.05) is 25.6 Å². The summed E-state index contributed by atoms with van der Waals surface area (Å²) < 4.78 is 6.10. The van der Waals surface area contributed by atoms with Crippen molar-refractivity contribution in [3.05, 3.63) is 34.4 Å². The third-order valence-corrected chi connectivity index (χ3v) is 4.18. The second kappa shape index (κ2) is 6.31. The molecule has 0 saturated carbocycles. The van der Waals surface area contributed by atoms with Gasteiger partial charge in [0.05, 0.1) is 17.2 Å². The van der Waals surface area contributed by atoms with Crippen LogP contribution in [0.4, 0.5) is 5.13 Å². The molecule has 0 aliphatic heterocycles. The van der Waals surface area contributed by atoms with E-state index in [1.165, 1.54) is 10.4 Å². The topological polar surface area (TPSA) is 34.1 Å². The van der Waals surface area contributed by atoms with Gasteiger partial charge in [-0.15, -0.1) is 0 Å². The number of ether oxygens (including phenoxy) is 1. The van der Waals surface area contributed by atoms with Crippen LogP contribution in [-0.2, 0) is 4.74 Å². The Bertz CT molecular complexity index is 510. The Balaban J connectivity index is 2.16. The largest absolute Gasteiger partial charge is 0.383 e. The summed E-state index contributed by atoms with van der Waals surface area (Å²) >= 11 is 5.12. The van der Waals surface area contributed by atoms with Crippen LogP contribution in [0.2, 0.25) is 0 Å². The Hall–Kier alpha value is -0.910. The van der Waals surface area contributed by atoms with Crippen molar-refractivity contribution < 1.29 is 4.74 Å². The zero-order chi connectivity index (χ0) is 13.0. The number of aryl methyl sites for hydroxylation is 1. The normalized spacial score (nSPS) is 10.6. The van der Waals surface area contributed by atoms with Gasteiger partial charge in [0.1, 0.15) is 0 Å². The van der Waals surface area contributed by atoms with Crippen LogP contribution < -0.4 is 5.32 Å². The predicted molar refractivity (Wildman–Crippen MR) is 80.4 cm³/mol. The quantitative estimate of drug-likeness (QED) is 0.845. The molecule has 1 heterocycles. The lowest BCUT2D eigenvalue weighted by molar-refractivity contribution is 0.211. The second-order valence-corrected chi connectivity index (χ2v) is 5.77. The van der Waals surface area contributed by atoms with Gasteiger partial charge in [-0.2, -0.15) is 0 Å². The van der Waals surface area contributed by atoms with Gasteiger partial charge < -0.3 is 10.1 Å². The minimum Gasteiger partial charge on any atom is -0.383 e. The molecular weight excluding hydrogens is 312 g/mol. The maximum Gasteiger partial charge on any atom is 0.183 e. The highest BCUT2D eigenvalue weighted by Gasteiger charge is 2.09. The molecule has 0 spiro atoms. The third kappa shape index (κ3) is 3.31. The number of aromatic nitrogens is 1. The number of thiazole rings is 1. The molecule has 1 N–H and O–H groups in total. The van der Waals surface area contributed by atoms with Crippen molar-refractivity contribution in [1.29, 1.82) is 0 Å². The van der Waals surface area contributed by atoms with Crippen LogP contribution in [-0.4, -0.2) is 25.2 Å². The highest BCUT2D eigenvalue weighted by atomic mass is 79.9. The maximum absolute atomic E-state index is 5.01. The highest BCUT2D eigenvalue weighted by molar-refractivity contribution is 9.10. The Kier molecular flexibility index (Phi) is 4.74. The van der Waals surface area contributed by atoms with E-state index in [0.717, 1.165) is 21.8 Å². The summed E-state index contributed by atoms with van der Waals surface area (Å²) in [4.78, 5) is 5.73. The number of hydrogen-bond acceptors (Lipinski definition) is 4. The van der Waals surface area contributed by atoms with Crippen molar-refractivity contribution in [2.45, 2.75) is 6.92 Å². The monoisotopic (exact) mass is 326 g/mol. The molecule has 3 nitrogen and oxygen atoms in total. The average molecular weight is 327 g/mol. The van der Waals surface area contributed by atoms with E-state index in [4.69, 9.17) is 4.74 Å². The Morgan fingerprint density at radius 1 is 1.33 bits per heavy atom. The van der Waals surface area contributed by atoms with E-state index in [2.05, 4.69) is 38.4 Å². The van der Waals surface area contributed by atoms with Gasteiger partial charge in [-0.1, -0.05) is 39.4 Å². The lowest BCUT2D eigenvalue weighted by Gasteiger charge is -2.00. The smallest absolute Gasteiger partial charge is 0.183 e. The van der Waals surface area contributed by atoms with Gasteiger partial charge in [0.2, 0.25) is 0 Å². The van der Waals surface area contributed by atoms with Crippen LogP contribution in [0.3, 0.4) is 0 Å². The van der Waals surface area contributed by atoms with Crippen molar-refractivity contribution >= 4 is 32.4 Å². The summed E-state index contributed by atoms with van der Waals surface area (Å²) in [6, 6.07) is 8.30. The van der Waals surface area contributed by atoms with Crippen molar-refractivity contribution in [1.82, 2.24) is 4.98 Å². The highest BCUT2D eigenvalue weighted by Crippen LogP contribution is 2.33. The summed E-state index contributed by atoms with van der Waals surface area (Å²) in [5.74, 6) is 0. The first-order valence-corrected chi connectivity index (χ1v) is 7.28. The molecule has 18 heavy (non-hydrogen) atoms. The van der Waals surface area contributed by atoms with Gasteiger partial charge >= 0.3 is 0 Å². The van der Waals surface area contributed by atoms with Crippen LogP contribution in [0.15, 0.2) is 28.7 Å². The fourth-order valence-electron chi connectivity index (χ4n) is 1.60. The zero-order valence-electron chi connectivity index (χ0n) is 10.4. The van der Waals surface area contributed by atoms with Crippen molar-refractivity contribution in [3.8, 4) is 10.4 Å². The second-order valence-electron chi connectivity index (χ2n) is 3.86. The summed E-state index contributed by atoms with van der Waals surface area (Å²) in [6.45, 7) is 3.50. The molecule has 5 heteroatoms. The molecule has 0 atom stereocenters. The van der Waals surface area contributed by atoms with E-state index in [9.17, 15) is 0 Å². The predicted octanol–water partition coefficient (Wildman–Crippen LogP) is 3.94. The molecule has 2 aromatic rings. The molecule has 2 rings (SSSR count). The van der Waals surface area contributed by atoms with Crippen LogP contribution in [0, 0.1) is 6.92 Å². The number of methoxy groups -OCH3 is 1. The van der Waals surface area contributed by atoms with E-state index in [0.29, 0.717) is 6.61 Å². The van der Waals surface area contributed by atoms with Gasteiger partial charge in [-0.3, -0.25) is 0 Å². The molecule has 1 aromatic heterocycles. The first-order chi connectivity index (χ1) is 8.70. The van der Waals surface area contributed by atoms with E-state index in [1.54, 1.807) is 18.4 Å². The molecule has 0 saturated heterocycles. The summed E-state index contributed by atoms with van der Waals surface area (Å²) in [6.07, 6.45) is 0. The van der Waals surface area contributed by atoms with Gasteiger partial charge in [0.15, 0.2) is 5.13 Å². The molecule has 1 aromatic carbocycles. The Morgan fingerprint density at radius 2 is 2.06 bits per heavy atom. The van der Waals surface area contributed by atoms with Gasteiger partial charge in [0, 0.05) is 18.1 Å². The molecule has 0 fully saturated rings. The molecule has 0 aliphatic carbocycles. The number of anilines is 1. The minimum absolute atomic E-state index is 0.687. The summed E-state index contributed by atoms with van der Waals surface area (Å²) in [7, 11) is 1.70. The number of rotatable bonds is 5. The van der Waals surface area contributed by atoms with E-state index < -0.39 is 0 Å². The number of nitrogens with one attached hydrogen (secondary N) is 1. The molecule has 0 bridgehead atoms. The third-order valence-electron chi connectivity index (χ3n) is 2.49. The Morgan fingerprint density at radius 3 is 2.72 bits per heavy atom.